The molecule has 1 aliphatic heterocycles. The van der Waals surface area contributed by atoms with Gasteiger partial charge in [0, 0.05) is 12.1 Å². The normalized spacial score (nSPS) is 30.0. The molecule has 0 saturated carbocycles. The Morgan fingerprint density at radius 2 is 2.06 bits per heavy atom. The fourth-order valence-electron chi connectivity index (χ4n) is 2.41. The zero-order chi connectivity index (χ0) is 13.2. The van der Waals surface area contributed by atoms with E-state index in [1.54, 1.807) is 0 Å². The molecule has 3 heteroatoms. The minimum Gasteiger partial charge on any atom is -0.460 e. The van der Waals surface area contributed by atoms with Crippen LogP contribution in [0.4, 0.5) is 0 Å². The zero-order valence-corrected chi connectivity index (χ0v) is 11.5. The first-order valence-electron chi connectivity index (χ1n) is 6.18. The summed E-state index contributed by atoms with van der Waals surface area (Å²) >= 11 is 0. The highest BCUT2D eigenvalue weighted by atomic mass is 16.6. The highest BCUT2D eigenvalue weighted by Gasteiger charge is 2.41. The SMILES string of the molecule is C#CCN1C(C)CC(C(=O)OC(C)(C)C)C1C. The van der Waals surface area contributed by atoms with Crippen molar-refractivity contribution >= 4 is 5.97 Å². The molecule has 3 unspecified atom stereocenters. The second-order valence-corrected chi connectivity index (χ2v) is 5.84. The van der Waals surface area contributed by atoms with E-state index in [0.29, 0.717) is 12.6 Å². The molecule has 1 heterocycles. The Morgan fingerprint density at radius 3 is 2.53 bits per heavy atom. The van der Waals surface area contributed by atoms with Gasteiger partial charge in [-0.25, -0.2) is 0 Å². The molecule has 0 aromatic rings. The molecule has 0 aromatic heterocycles. The Bertz CT molecular complexity index is 324. The van der Waals surface area contributed by atoms with Crippen LogP contribution in [0.15, 0.2) is 0 Å². The Hall–Kier alpha value is -1.01. The van der Waals surface area contributed by atoms with E-state index < -0.39 is 5.60 Å². The van der Waals surface area contributed by atoms with E-state index in [2.05, 4.69) is 24.7 Å². The van der Waals surface area contributed by atoms with Gasteiger partial charge in [0.25, 0.3) is 0 Å². The van der Waals surface area contributed by atoms with Gasteiger partial charge in [0.1, 0.15) is 5.60 Å². The highest BCUT2D eigenvalue weighted by Crippen LogP contribution is 2.31. The van der Waals surface area contributed by atoms with Crippen LogP contribution in [-0.2, 0) is 9.53 Å². The van der Waals surface area contributed by atoms with Gasteiger partial charge in [-0.2, -0.15) is 0 Å². The third kappa shape index (κ3) is 3.47. The predicted molar refractivity (Wildman–Crippen MR) is 68.4 cm³/mol. The van der Waals surface area contributed by atoms with Gasteiger partial charge in [0.2, 0.25) is 0 Å². The number of ether oxygens (including phenoxy) is 1. The summed E-state index contributed by atoms with van der Waals surface area (Å²) in [4.78, 5) is 14.3. The molecule has 3 nitrogen and oxygen atoms in total. The maximum atomic E-state index is 12.1. The molecule has 0 spiro atoms. The van der Waals surface area contributed by atoms with Crippen LogP contribution in [0.3, 0.4) is 0 Å². The van der Waals surface area contributed by atoms with Crippen LogP contribution in [0.2, 0.25) is 0 Å². The van der Waals surface area contributed by atoms with Crippen molar-refractivity contribution in [1.29, 1.82) is 0 Å². The van der Waals surface area contributed by atoms with Gasteiger partial charge >= 0.3 is 5.97 Å². The number of nitrogens with zero attached hydrogens (tertiary/aromatic N) is 1. The van der Waals surface area contributed by atoms with Crippen molar-refractivity contribution in [2.24, 2.45) is 5.92 Å². The molecule has 0 radical (unpaired) electrons. The molecule has 1 fully saturated rings. The maximum absolute atomic E-state index is 12.1. The molecule has 3 atom stereocenters. The van der Waals surface area contributed by atoms with Crippen LogP contribution < -0.4 is 0 Å². The molecule has 1 aliphatic rings. The van der Waals surface area contributed by atoms with Crippen molar-refractivity contribution in [3.05, 3.63) is 0 Å². The zero-order valence-electron chi connectivity index (χ0n) is 11.5. The van der Waals surface area contributed by atoms with E-state index in [1.807, 2.05) is 20.8 Å². The lowest BCUT2D eigenvalue weighted by Gasteiger charge is -2.26. The molecule has 0 aliphatic carbocycles. The number of carbonyl (C=O) groups excluding carboxylic acids is 1. The molecule has 0 N–H and O–H groups in total. The summed E-state index contributed by atoms with van der Waals surface area (Å²) in [5.41, 5.74) is -0.417. The molecule has 0 bridgehead atoms. The van der Waals surface area contributed by atoms with Gasteiger partial charge in [0.05, 0.1) is 12.5 Å². The summed E-state index contributed by atoms with van der Waals surface area (Å²) in [6.45, 7) is 10.4. The summed E-state index contributed by atoms with van der Waals surface area (Å²) in [6, 6.07) is 0.509. The fourth-order valence-corrected chi connectivity index (χ4v) is 2.41. The van der Waals surface area contributed by atoms with Crippen LogP contribution in [0.25, 0.3) is 0 Å². The van der Waals surface area contributed by atoms with Gasteiger partial charge in [-0.3, -0.25) is 9.69 Å². The van der Waals surface area contributed by atoms with Gasteiger partial charge < -0.3 is 4.74 Å². The van der Waals surface area contributed by atoms with Gasteiger partial charge in [0.15, 0.2) is 0 Å². The van der Waals surface area contributed by atoms with E-state index in [9.17, 15) is 4.79 Å². The molecule has 1 saturated heterocycles. The number of likely N-dealkylation sites (tertiary alicyclic amines) is 1. The largest absolute Gasteiger partial charge is 0.460 e. The van der Waals surface area contributed by atoms with E-state index >= 15 is 0 Å². The minimum atomic E-state index is -0.417. The average Bonchev–Trinajstić information content (AvgIpc) is 2.43. The Labute approximate surface area is 105 Å². The van der Waals surface area contributed by atoms with Crippen molar-refractivity contribution in [2.75, 3.05) is 6.54 Å². The Morgan fingerprint density at radius 1 is 1.47 bits per heavy atom. The standard InChI is InChI=1S/C14H23NO2/c1-7-8-15-10(2)9-12(11(15)3)13(16)17-14(4,5)6/h1,10-12H,8-9H2,2-6H3. The van der Waals surface area contributed by atoms with Crippen molar-refractivity contribution in [2.45, 2.75) is 58.7 Å². The third-order valence-corrected chi connectivity index (χ3v) is 3.25. The maximum Gasteiger partial charge on any atom is 0.311 e. The summed E-state index contributed by atoms with van der Waals surface area (Å²) in [5, 5.41) is 0. The lowest BCUT2D eigenvalue weighted by molar-refractivity contribution is -0.160. The van der Waals surface area contributed by atoms with Crippen molar-refractivity contribution in [3.8, 4) is 12.3 Å². The molecule has 96 valence electrons. The fraction of sp³-hybridized carbons (Fsp3) is 0.786. The molecule has 1 rings (SSSR count). The monoisotopic (exact) mass is 237 g/mol. The van der Waals surface area contributed by atoms with E-state index in [1.165, 1.54) is 0 Å². The Balaban J connectivity index is 2.69. The number of rotatable bonds is 2. The van der Waals surface area contributed by atoms with Crippen LogP contribution in [-0.4, -0.2) is 35.1 Å². The number of esters is 1. The second-order valence-electron chi connectivity index (χ2n) is 5.84. The second kappa shape index (κ2) is 5.10. The van der Waals surface area contributed by atoms with Crippen LogP contribution >= 0.6 is 0 Å². The van der Waals surface area contributed by atoms with E-state index in [-0.39, 0.29) is 17.9 Å². The third-order valence-electron chi connectivity index (χ3n) is 3.25. The van der Waals surface area contributed by atoms with Crippen LogP contribution in [0.1, 0.15) is 41.0 Å². The summed E-state index contributed by atoms with van der Waals surface area (Å²) in [7, 11) is 0. The number of terminal acetylenes is 1. The first-order valence-corrected chi connectivity index (χ1v) is 6.18. The first-order chi connectivity index (χ1) is 7.76. The van der Waals surface area contributed by atoms with Crippen LogP contribution in [0, 0.1) is 18.3 Å². The smallest absolute Gasteiger partial charge is 0.311 e. The summed E-state index contributed by atoms with van der Waals surface area (Å²) < 4.78 is 5.45. The first kappa shape index (κ1) is 14.1. The van der Waals surface area contributed by atoms with Crippen LogP contribution in [0.5, 0.6) is 0 Å². The van der Waals surface area contributed by atoms with Gasteiger partial charge in [-0.1, -0.05) is 5.92 Å². The topological polar surface area (TPSA) is 29.5 Å². The quantitative estimate of drug-likeness (QED) is 0.544. The lowest BCUT2D eigenvalue weighted by atomic mass is 10.0. The van der Waals surface area contributed by atoms with Gasteiger partial charge in [-0.15, -0.1) is 6.42 Å². The highest BCUT2D eigenvalue weighted by molar-refractivity contribution is 5.74. The minimum absolute atomic E-state index is 0.0578. The van der Waals surface area contributed by atoms with Crippen molar-refractivity contribution < 1.29 is 9.53 Å². The predicted octanol–water partition coefficient (Wildman–Crippen LogP) is 2.06. The Kier molecular flexibility index (Phi) is 4.21. The molecule has 0 aromatic carbocycles. The molecule has 0 amide bonds. The van der Waals surface area contributed by atoms with Gasteiger partial charge in [-0.05, 0) is 41.0 Å². The number of carbonyl (C=O) groups is 1. The summed E-state index contributed by atoms with van der Waals surface area (Å²) in [5.74, 6) is 2.49. The number of hydrogen-bond acceptors (Lipinski definition) is 3. The molecule has 17 heavy (non-hydrogen) atoms. The summed E-state index contributed by atoms with van der Waals surface area (Å²) in [6.07, 6.45) is 6.18. The number of hydrogen-bond donors (Lipinski definition) is 0. The average molecular weight is 237 g/mol. The lowest BCUT2D eigenvalue weighted by Crippen LogP contribution is -2.38. The molecular formula is C14H23NO2. The van der Waals surface area contributed by atoms with E-state index in [4.69, 9.17) is 11.2 Å². The van der Waals surface area contributed by atoms with E-state index in [0.717, 1.165) is 6.42 Å². The molecular weight excluding hydrogens is 214 g/mol. The van der Waals surface area contributed by atoms with Crippen molar-refractivity contribution in [1.82, 2.24) is 4.90 Å². The van der Waals surface area contributed by atoms with Crippen molar-refractivity contribution in [3.63, 3.8) is 0 Å².